The van der Waals surface area contributed by atoms with Crippen molar-refractivity contribution in [3.63, 3.8) is 0 Å². The van der Waals surface area contributed by atoms with E-state index in [-0.39, 0.29) is 11.1 Å². The quantitative estimate of drug-likeness (QED) is 0.588. The largest absolute Gasteiger partial charge is 0.301 e. The van der Waals surface area contributed by atoms with Gasteiger partial charge in [-0.05, 0) is 13.0 Å². The smallest absolute Gasteiger partial charge is 0.169 e. The lowest BCUT2D eigenvalue weighted by Gasteiger charge is -2.26. The van der Waals surface area contributed by atoms with Crippen LogP contribution >= 0.6 is 0 Å². The minimum Gasteiger partial charge on any atom is -0.301 e. The molecule has 0 aromatic carbocycles. The Bertz CT molecular complexity index is 216. The summed E-state index contributed by atoms with van der Waals surface area (Å²) in [5.41, 5.74) is 0. The van der Waals surface area contributed by atoms with Crippen LogP contribution in [0.3, 0.4) is 0 Å². The molecule has 1 fully saturated rings. The number of sulfone groups is 1. The van der Waals surface area contributed by atoms with Crippen LogP contribution in [-0.4, -0.2) is 26.1 Å². The number of hydrogen-bond donors (Lipinski definition) is 1. The van der Waals surface area contributed by atoms with Crippen molar-refractivity contribution < 1.29 is 8.42 Å². The first kappa shape index (κ1) is 7.75. The molecule has 10 heavy (non-hydrogen) atoms. The summed E-state index contributed by atoms with van der Waals surface area (Å²) in [4.78, 5) is 0. The van der Waals surface area contributed by atoms with Crippen LogP contribution in [0, 0.1) is 0 Å². The van der Waals surface area contributed by atoms with Gasteiger partial charge in [-0.1, -0.05) is 6.08 Å². The van der Waals surface area contributed by atoms with Crippen molar-refractivity contribution >= 4 is 9.84 Å². The molecule has 0 spiro atoms. The third kappa shape index (κ3) is 1.38. The third-order valence-electron chi connectivity index (χ3n) is 1.56. The zero-order valence-corrected chi connectivity index (χ0v) is 6.52. The van der Waals surface area contributed by atoms with Crippen molar-refractivity contribution in [1.29, 1.82) is 0 Å². The van der Waals surface area contributed by atoms with E-state index in [0.717, 1.165) is 13.0 Å². The lowest BCUT2D eigenvalue weighted by Crippen LogP contribution is -2.48. The predicted molar refractivity (Wildman–Crippen MR) is 40.4 cm³/mol. The Labute approximate surface area is 61.0 Å². The summed E-state index contributed by atoms with van der Waals surface area (Å²) in [6, 6.07) is 0. The average Bonchev–Trinajstić information content (AvgIpc) is 1.56. The number of rotatable bonds is 3. The molecule has 0 aromatic heterocycles. The molecule has 1 N–H and O–H groups in total. The summed E-state index contributed by atoms with van der Waals surface area (Å²) in [7, 11) is -2.90. The van der Waals surface area contributed by atoms with Crippen LogP contribution < -0.4 is 5.32 Å². The van der Waals surface area contributed by atoms with Gasteiger partial charge in [0.2, 0.25) is 0 Å². The molecule has 1 atom stereocenters. The average molecular weight is 161 g/mol. The van der Waals surface area contributed by atoms with Gasteiger partial charge in [0.15, 0.2) is 9.84 Å². The van der Waals surface area contributed by atoms with Gasteiger partial charge in [0.25, 0.3) is 0 Å². The van der Waals surface area contributed by atoms with Crippen LogP contribution in [0.4, 0.5) is 0 Å². The molecule has 1 saturated heterocycles. The molecule has 1 unspecified atom stereocenters. The summed E-state index contributed by atoms with van der Waals surface area (Å²) >= 11 is 0. The van der Waals surface area contributed by atoms with Crippen LogP contribution in [0.2, 0.25) is 0 Å². The first-order chi connectivity index (χ1) is 4.67. The Balaban J connectivity index is 2.58. The molecule has 0 amide bonds. The van der Waals surface area contributed by atoms with Gasteiger partial charge in [-0.3, -0.25) is 0 Å². The number of nitrogens with one attached hydrogen (secondary N) is 1. The molecule has 3 nitrogen and oxygen atoms in total. The van der Waals surface area contributed by atoms with E-state index in [1.807, 2.05) is 0 Å². The Kier molecular flexibility index (Phi) is 2.11. The highest BCUT2D eigenvalue weighted by molar-refractivity contribution is 7.92. The van der Waals surface area contributed by atoms with E-state index >= 15 is 0 Å². The van der Waals surface area contributed by atoms with Gasteiger partial charge in [0, 0.05) is 0 Å². The number of hydrogen-bond acceptors (Lipinski definition) is 3. The Hall–Kier alpha value is -0.350. The molecule has 58 valence electrons. The van der Waals surface area contributed by atoms with Crippen LogP contribution in [-0.2, 0) is 9.84 Å². The first-order valence-electron chi connectivity index (χ1n) is 3.22. The van der Waals surface area contributed by atoms with Gasteiger partial charge in [-0.15, -0.1) is 6.58 Å². The summed E-state index contributed by atoms with van der Waals surface area (Å²) in [6.45, 7) is 4.20. The van der Waals surface area contributed by atoms with E-state index in [4.69, 9.17) is 0 Å². The lowest BCUT2D eigenvalue weighted by atomic mass is 10.3. The highest BCUT2D eigenvalue weighted by Crippen LogP contribution is 2.10. The summed E-state index contributed by atoms with van der Waals surface area (Å²) in [6.07, 6.45) is 2.17. The van der Waals surface area contributed by atoms with Gasteiger partial charge in [0.05, 0.1) is 5.75 Å². The van der Waals surface area contributed by atoms with E-state index in [2.05, 4.69) is 11.9 Å². The van der Waals surface area contributed by atoms with Gasteiger partial charge in [-0.2, -0.15) is 0 Å². The summed E-state index contributed by atoms with van der Waals surface area (Å²) < 4.78 is 22.2. The molecule has 1 aliphatic rings. The SMILES string of the molecule is C=CCS(=O)(=O)C1CCN1. The molecule has 0 aliphatic carbocycles. The maximum absolute atomic E-state index is 11.1. The van der Waals surface area contributed by atoms with Crippen LogP contribution in [0.1, 0.15) is 6.42 Å². The fourth-order valence-electron chi connectivity index (χ4n) is 0.849. The van der Waals surface area contributed by atoms with Crippen LogP contribution in [0.15, 0.2) is 12.7 Å². The predicted octanol–water partition coefficient (Wildman–Crippen LogP) is -0.0934. The molecule has 1 rings (SSSR count). The van der Waals surface area contributed by atoms with Crippen molar-refractivity contribution in [2.24, 2.45) is 0 Å². The molecular formula is C6H11NO2S. The molecule has 1 heterocycles. The fraction of sp³-hybridized carbons (Fsp3) is 0.667. The normalized spacial score (nSPS) is 25.4. The van der Waals surface area contributed by atoms with Crippen molar-refractivity contribution in [3.8, 4) is 0 Å². The molecule has 0 bridgehead atoms. The summed E-state index contributed by atoms with van der Waals surface area (Å²) in [5.74, 6) is 0.0880. The molecular weight excluding hydrogens is 150 g/mol. The van der Waals surface area contributed by atoms with E-state index in [0.29, 0.717) is 0 Å². The topological polar surface area (TPSA) is 46.2 Å². The van der Waals surface area contributed by atoms with Gasteiger partial charge in [0.1, 0.15) is 5.37 Å². The van der Waals surface area contributed by atoms with Crippen molar-refractivity contribution in [1.82, 2.24) is 5.32 Å². The highest BCUT2D eigenvalue weighted by Gasteiger charge is 2.28. The van der Waals surface area contributed by atoms with Crippen molar-refractivity contribution in [2.75, 3.05) is 12.3 Å². The van der Waals surface area contributed by atoms with Crippen LogP contribution in [0.5, 0.6) is 0 Å². The monoisotopic (exact) mass is 161 g/mol. The summed E-state index contributed by atoms with van der Waals surface area (Å²) in [5, 5.41) is 2.53. The molecule has 0 radical (unpaired) electrons. The lowest BCUT2D eigenvalue weighted by molar-refractivity contribution is 0.450. The minimum atomic E-state index is -2.90. The van der Waals surface area contributed by atoms with Crippen molar-refractivity contribution in [3.05, 3.63) is 12.7 Å². The van der Waals surface area contributed by atoms with E-state index in [9.17, 15) is 8.42 Å². The second-order valence-corrected chi connectivity index (χ2v) is 4.58. The molecule has 0 aromatic rings. The third-order valence-corrected chi connectivity index (χ3v) is 3.53. The second kappa shape index (κ2) is 2.72. The standard InChI is InChI=1S/C6H11NO2S/c1-2-5-10(8,9)6-3-4-7-6/h2,6-7H,1,3-5H2. The molecule has 0 saturated carbocycles. The zero-order chi connectivity index (χ0) is 7.61. The maximum atomic E-state index is 11.1. The van der Waals surface area contributed by atoms with Crippen LogP contribution in [0.25, 0.3) is 0 Å². The minimum absolute atomic E-state index is 0.0880. The Morgan fingerprint density at radius 2 is 2.30 bits per heavy atom. The Morgan fingerprint density at radius 3 is 2.60 bits per heavy atom. The van der Waals surface area contributed by atoms with E-state index < -0.39 is 9.84 Å². The zero-order valence-electron chi connectivity index (χ0n) is 5.71. The van der Waals surface area contributed by atoms with E-state index in [1.165, 1.54) is 6.08 Å². The van der Waals surface area contributed by atoms with Crippen molar-refractivity contribution in [2.45, 2.75) is 11.8 Å². The Morgan fingerprint density at radius 1 is 1.70 bits per heavy atom. The first-order valence-corrected chi connectivity index (χ1v) is 4.94. The second-order valence-electron chi connectivity index (χ2n) is 2.35. The van der Waals surface area contributed by atoms with E-state index in [1.54, 1.807) is 0 Å². The van der Waals surface area contributed by atoms with Gasteiger partial charge >= 0.3 is 0 Å². The van der Waals surface area contributed by atoms with Gasteiger partial charge in [-0.25, -0.2) is 8.42 Å². The highest BCUT2D eigenvalue weighted by atomic mass is 32.2. The van der Waals surface area contributed by atoms with Gasteiger partial charge < -0.3 is 5.32 Å². The molecule has 4 heteroatoms. The fourth-order valence-corrected chi connectivity index (χ4v) is 2.26. The molecule has 1 aliphatic heterocycles. The maximum Gasteiger partial charge on any atom is 0.169 e.